The second kappa shape index (κ2) is 9.46. The van der Waals surface area contributed by atoms with Gasteiger partial charge in [0.25, 0.3) is 0 Å². The molecule has 0 spiro atoms. The maximum atomic E-state index is 12.0. The second-order valence-corrected chi connectivity index (χ2v) is 7.60. The third-order valence-electron chi connectivity index (χ3n) is 2.70. The highest BCUT2D eigenvalue weighted by atomic mass is 32.2. The van der Waals surface area contributed by atoms with Crippen molar-refractivity contribution in [2.75, 3.05) is 33.4 Å². The third-order valence-corrected chi connectivity index (χ3v) is 5.80. The van der Waals surface area contributed by atoms with Crippen LogP contribution < -0.4 is 10.0 Å². The van der Waals surface area contributed by atoms with Gasteiger partial charge in [-0.1, -0.05) is 13.3 Å². The Hall–Kier alpha value is -0.470. The first-order valence-electron chi connectivity index (χ1n) is 6.91. The fourth-order valence-corrected chi connectivity index (χ4v) is 3.97. The van der Waals surface area contributed by atoms with Crippen LogP contribution in [0.2, 0.25) is 0 Å². The molecule has 0 aliphatic heterocycles. The summed E-state index contributed by atoms with van der Waals surface area (Å²) in [6.45, 7) is 4.35. The van der Waals surface area contributed by atoms with E-state index in [-0.39, 0.29) is 0 Å². The van der Waals surface area contributed by atoms with Crippen LogP contribution >= 0.6 is 11.3 Å². The number of likely N-dealkylation sites (N-methyl/N-ethyl adjacent to an activating group) is 1. The first kappa shape index (κ1) is 17.6. The zero-order valence-corrected chi connectivity index (χ0v) is 13.8. The van der Waals surface area contributed by atoms with Gasteiger partial charge in [-0.3, -0.25) is 0 Å². The Bertz CT molecular complexity index is 472. The van der Waals surface area contributed by atoms with Gasteiger partial charge in [0.05, 0.1) is 6.61 Å². The minimum Gasteiger partial charge on any atom is -0.380 e. The van der Waals surface area contributed by atoms with Gasteiger partial charge in [-0.2, -0.15) is 0 Å². The molecule has 0 amide bonds. The summed E-state index contributed by atoms with van der Waals surface area (Å²) in [5.74, 6) is 0. The molecule has 0 fully saturated rings. The summed E-state index contributed by atoms with van der Waals surface area (Å²) in [5, 5.41) is 3.05. The number of nitrogens with one attached hydrogen (secondary N) is 2. The highest BCUT2D eigenvalue weighted by Gasteiger charge is 2.15. The Kier molecular flexibility index (Phi) is 8.32. The number of ether oxygens (including phenoxy) is 1. The molecule has 7 heteroatoms. The van der Waals surface area contributed by atoms with Gasteiger partial charge < -0.3 is 10.1 Å². The molecule has 0 aliphatic carbocycles. The zero-order valence-electron chi connectivity index (χ0n) is 12.1. The molecule has 2 N–H and O–H groups in total. The van der Waals surface area contributed by atoms with Crippen molar-refractivity contribution >= 4 is 21.4 Å². The van der Waals surface area contributed by atoms with E-state index in [2.05, 4.69) is 17.0 Å². The Balaban J connectivity index is 2.38. The van der Waals surface area contributed by atoms with E-state index in [1.54, 1.807) is 6.07 Å². The normalized spacial score (nSPS) is 11.9. The number of hydrogen-bond donors (Lipinski definition) is 2. The molecule has 0 aromatic carbocycles. The quantitative estimate of drug-likeness (QED) is 0.608. The molecule has 1 aromatic rings. The van der Waals surface area contributed by atoms with E-state index in [0.29, 0.717) is 24.0 Å². The molecule has 20 heavy (non-hydrogen) atoms. The van der Waals surface area contributed by atoms with Crippen LogP contribution in [0.15, 0.2) is 16.3 Å². The lowest BCUT2D eigenvalue weighted by Crippen LogP contribution is -2.27. The summed E-state index contributed by atoms with van der Waals surface area (Å²) in [6, 6.07) is 3.53. The van der Waals surface area contributed by atoms with Crippen molar-refractivity contribution in [3.05, 3.63) is 17.0 Å². The lowest BCUT2D eigenvalue weighted by atomic mass is 10.3. The fraction of sp³-hybridized carbons (Fsp3) is 0.692. The molecule has 1 aromatic heterocycles. The van der Waals surface area contributed by atoms with Gasteiger partial charge in [-0.05, 0) is 38.6 Å². The van der Waals surface area contributed by atoms with E-state index in [0.717, 1.165) is 30.7 Å². The van der Waals surface area contributed by atoms with Gasteiger partial charge >= 0.3 is 0 Å². The molecular formula is C13H24N2O3S2. The van der Waals surface area contributed by atoms with Gasteiger partial charge in [-0.25, -0.2) is 13.1 Å². The van der Waals surface area contributed by atoms with Crippen LogP contribution in [0.1, 0.15) is 24.6 Å². The summed E-state index contributed by atoms with van der Waals surface area (Å²) in [6.07, 6.45) is 2.93. The van der Waals surface area contributed by atoms with Crippen LogP contribution in [0.5, 0.6) is 0 Å². The average Bonchev–Trinajstić information content (AvgIpc) is 2.90. The van der Waals surface area contributed by atoms with Crippen molar-refractivity contribution < 1.29 is 13.2 Å². The summed E-state index contributed by atoms with van der Waals surface area (Å²) >= 11 is 1.32. The van der Waals surface area contributed by atoms with Crippen molar-refractivity contribution in [2.45, 2.75) is 30.4 Å². The Morgan fingerprint density at radius 2 is 2.05 bits per heavy atom. The molecule has 0 atom stereocenters. The van der Waals surface area contributed by atoms with Gasteiger partial charge in [0.15, 0.2) is 0 Å². The summed E-state index contributed by atoms with van der Waals surface area (Å²) in [4.78, 5) is 1.07. The largest absolute Gasteiger partial charge is 0.380 e. The van der Waals surface area contributed by atoms with E-state index < -0.39 is 10.0 Å². The van der Waals surface area contributed by atoms with E-state index in [1.807, 2.05) is 13.1 Å². The zero-order chi connectivity index (χ0) is 14.8. The number of unbranched alkanes of at least 4 members (excludes halogenated alkanes) is 1. The molecule has 0 saturated carbocycles. The van der Waals surface area contributed by atoms with Crippen molar-refractivity contribution in [1.82, 2.24) is 10.0 Å². The molecule has 1 heterocycles. The molecule has 0 aliphatic rings. The SMILES string of the molecule is CCCCOCCNS(=O)(=O)c1ccc(CCNC)s1. The molecule has 0 unspecified atom stereocenters. The van der Waals surface area contributed by atoms with Crippen LogP contribution in [0, 0.1) is 0 Å². The molecule has 0 saturated heterocycles. The van der Waals surface area contributed by atoms with Crippen molar-refractivity contribution in [1.29, 1.82) is 0 Å². The molecule has 0 bridgehead atoms. The predicted octanol–water partition coefficient (Wildman–Crippen LogP) is 1.60. The maximum Gasteiger partial charge on any atom is 0.250 e. The smallest absolute Gasteiger partial charge is 0.250 e. The number of rotatable bonds is 11. The predicted molar refractivity (Wildman–Crippen MR) is 82.9 cm³/mol. The average molecular weight is 320 g/mol. The molecular weight excluding hydrogens is 296 g/mol. The van der Waals surface area contributed by atoms with E-state index in [1.165, 1.54) is 11.3 Å². The van der Waals surface area contributed by atoms with Crippen LogP contribution in [-0.2, 0) is 21.2 Å². The molecule has 0 radical (unpaired) electrons. The maximum absolute atomic E-state index is 12.0. The minimum atomic E-state index is -3.39. The first-order chi connectivity index (χ1) is 9.60. The topological polar surface area (TPSA) is 67.4 Å². The van der Waals surface area contributed by atoms with Crippen molar-refractivity contribution in [2.24, 2.45) is 0 Å². The van der Waals surface area contributed by atoms with Crippen LogP contribution in [-0.4, -0.2) is 41.8 Å². The van der Waals surface area contributed by atoms with Crippen molar-refractivity contribution in [3.8, 4) is 0 Å². The van der Waals surface area contributed by atoms with Crippen LogP contribution in [0.25, 0.3) is 0 Å². The summed E-state index contributed by atoms with van der Waals surface area (Å²) in [5.41, 5.74) is 0. The first-order valence-corrected chi connectivity index (χ1v) is 9.21. The fourth-order valence-electron chi connectivity index (χ4n) is 1.55. The third kappa shape index (κ3) is 6.32. The van der Waals surface area contributed by atoms with Crippen LogP contribution in [0.4, 0.5) is 0 Å². The highest BCUT2D eigenvalue weighted by Crippen LogP contribution is 2.21. The summed E-state index contributed by atoms with van der Waals surface area (Å²) in [7, 11) is -1.51. The number of hydrogen-bond acceptors (Lipinski definition) is 5. The van der Waals surface area contributed by atoms with E-state index in [4.69, 9.17) is 4.74 Å². The van der Waals surface area contributed by atoms with Crippen LogP contribution in [0.3, 0.4) is 0 Å². The lowest BCUT2D eigenvalue weighted by molar-refractivity contribution is 0.136. The molecule has 116 valence electrons. The number of sulfonamides is 1. The van der Waals surface area contributed by atoms with E-state index >= 15 is 0 Å². The Labute approximate surface area is 125 Å². The van der Waals surface area contributed by atoms with Gasteiger partial charge in [-0.15, -0.1) is 11.3 Å². The van der Waals surface area contributed by atoms with Gasteiger partial charge in [0.2, 0.25) is 10.0 Å². The molecule has 1 rings (SSSR count). The summed E-state index contributed by atoms with van der Waals surface area (Å²) < 4.78 is 32.3. The van der Waals surface area contributed by atoms with Gasteiger partial charge in [0.1, 0.15) is 4.21 Å². The second-order valence-electron chi connectivity index (χ2n) is 4.44. The minimum absolute atomic E-state index is 0.315. The van der Waals surface area contributed by atoms with E-state index in [9.17, 15) is 8.42 Å². The Morgan fingerprint density at radius 1 is 1.25 bits per heavy atom. The highest BCUT2D eigenvalue weighted by molar-refractivity contribution is 7.91. The standard InChI is InChI=1S/C13H24N2O3S2/c1-3-4-10-18-11-9-15-20(16,17)13-6-5-12(19-13)7-8-14-2/h5-6,14-15H,3-4,7-11H2,1-2H3. The number of thiophene rings is 1. The lowest BCUT2D eigenvalue weighted by Gasteiger charge is -2.05. The molecule has 5 nitrogen and oxygen atoms in total. The Morgan fingerprint density at radius 3 is 2.75 bits per heavy atom. The van der Waals surface area contributed by atoms with Gasteiger partial charge in [0, 0.05) is 18.0 Å². The monoisotopic (exact) mass is 320 g/mol. The van der Waals surface area contributed by atoms with Crippen molar-refractivity contribution in [3.63, 3.8) is 0 Å².